The first-order valence-corrected chi connectivity index (χ1v) is 18.0. The summed E-state index contributed by atoms with van der Waals surface area (Å²) in [5, 5.41) is 3.21. The van der Waals surface area contributed by atoms with Crippen molar-refractivity contribution in [1.29, 1.82) is 0 Å². The van der Waals surface area contributed by atoms with E-state index in [4.69, 9.17) is 9.47 Å². The van der Waals surface area contributed by atoms with Crippen LogP contribution in [0.15, 0.2) is 102 Å². The van der Waals surface area contributed by atoms with Gasteiger partial charge in [-0.1, -0.05) is 85.1 Å². The van der Waals surface area contributed by atoms with Crippen molar-refractivity contribution >= 4 is 27.5 Å². The minimum atomic E-state index is -4.31. The van der Waals surface area contributed by atoms with Crippen LogP contribution in [0, 0.1) is 13.8 Å². The normalized spacial score (nSPS) is 13.8. The van der Waals surface area contributed by atoms with E-state index in [9.17, 15) is 18.0 Å². The number of aryl methyl sites for hydroxylation is 2. The Morgan fingerprint density at radius 1 is 0.857 bits per heavy atom. The Labute approximate surface area is 289 Å². The van der Waals surface area contributed by atoms with Crippen LogP contribution in [-0.2, 0) is 32.6 Å². The Bertz CT molecular complexity index is 1840. The first kappa shape index (κ1) is 35.5. The highest BCUT2D eigenvalue weighted by molar-refractivity contribution is 7.92. The molecule has 1 aliphatic rings. The highest BCUT2D eigenvalue weighted by Crippen LogP contribution is 2.36. The molecule has 1 atom stereocenters. The first-order valence-electron chi connectivity index (χ1n) is 16.6. The third-order valence-electron chi connectivity index (χ3n) is 9.12. The van der Waals surface area contributed by atoms with E-state index >= 15 is 0 Å². The molecule has 4 aromatic carbocycles. The maximum Gasteiger partial charge on any atom is 0.264 e. The second-order valence-electron chi connectivity index (χ2n) is 12.5. The lowest BCUT2D eigenvalue weighted by molar-refractivity contribution is -0.140. The zero-order valence-corrected chi connectivity index (χ0v) is 29.4. The first-order chi connectivity index (χ1) is 23.6. The van der Waals surface area contributed by atoms with Crippen LogP contribution in [0.2, 0.25) is 0 Å². The number of sulfonamides is 1. The molecule has 9 nitrogen and oxygen atoms in total. The van der Waals surface area contributed by atoms with Gasteiger partial charge in [0, 0.05) is 25.1 Å². The highest BCUT2D eigenvalue weighted by atomic mass is 32.2. The van der Waals surface area contributed by atoms with Gasteiger partial charge in [-0.15, -0.1) is 0 Å². The van der Waals surface area contributed by atoms with E-state index in [2.05, 4.69) is 5.32 Å². The van der Waals surface area contributed by atoms with Gasteiger partial charge in [-0.2, -0.15) is 0 Å². The van der Waals surface area contributed by atoms with Gasteiger partial charge in [0.15, 0.2) is 0 Å². The van der Waals surface area contributed by atoms with Crippen LogP contribution >= 0.6 is 0 Å². The number of nitrogens with one attached hydrogen (secondary N) is 1. The molecule has 0 aromatic heterocycles. The molecular formula is C39H45N3O6S. The number of carbonyl (C=O) groups is 2. The van der Waals surface area contributed by atoms with Crippen LogP contribution in [0.3, 0.4) is 0 Å². The smallest absolute Gasteiger partial charge is 0.264 e. The van der Waals surface area contributed by atoms with Gasteiger partial charge in [0.1, 0.15) is 24.1 Å². The average Bonchev–Trinajstić information content (AvgIpc) is 3.62. The Morgan fingerprint density at radius 2 is 1.53 bits per heavy atom. The number of amides is 2. The average molecular weight is 684 g/mol. The Hall–Kier alpha value is -4.83. The van der Waals surface area contributed by atoms with E-state index in [1.54, 1.807) is 24.3 Å². The summed E-state index contributed by atoms with van der Waals surface area (Å²) >= 11 is 0. The second-order valence-corrected chi connectivity index (χ2v) is 14.4. The molecule has 1 aliphatic carbocycles. The fraction of sp³-hybridized carbons (Fsp3) is 0.333. The van der Waals surface area contributed by atoms with Crippen LogP contribution in [0.1, 0.15) is 47.9 Å². The third-order valence-corrected chi connectivity index (χ3v) is 10.9. The summed E-state index contributed by atoms with van der Waals surface area (Å²) in [5.41, 5.74) is 3.72. The Morgan fingerprint density at radius 3 is 2.18 bits per heavy atom. The van der Waals surface area contributed by atoms with Gasteiger partial charge in [-0.3, -0.25) is 13.9 Å². The second kappa shape index (κ2) is 16.0. The van der Waals surface area contributed by atoms with Crippen molar-refractivity contribution in [1.82, 2.24) is 10.2 Å². The largest absolute Gasteiger partial charge is 0.497 e. The number of nitrogens with zero attached hydrogens (tertiary/aromatic N) is 2. The van der Waals surface area contributed by atoms with Crippen molar-refractivity contribution < 1.29 is 27.5 Å². The number of hydrogen-bond donors (Lipinski definition) is 1. The molecule has 1 fully saturated rings. The molecule has 0 heterocycles. The summed E-state index contributed by atoms with van der Waals surface area (Å²) in [6, 6.07) is 27.7. The quantitative estimate of drug-likeness (QED) is 0.169. The molecule has 258 valence electrons. The van der Waals surface area contributed by atoms with Crippen LogP contribution in [-0.4, -0.2) is 58.0 Å². The highest BCUT2D eigenvalue weighted by Gasteiger charge is 2.36. The third kappa shape index (κ3) is 8.61. The zero-order chi connectivity index (χ0) is 35.0. The van der Waals surface area contributed by atoms with Gasteiger partial charge in [0.05, 0.1) is 24.8 Å². The Balaban J connectivity index is 1.62. The molecule has 49 heavy (non-hydrogen) atoms. The van der Waals surface area contributed by atoms with Gasteiger partial charge >= 0.3 is 0 Å². The molecule has 0 radical (unpaired) electrons. The van der Waals surface area contributed by atoms with Gasteiger partial charge in [0.25, 0.3) is 10.0 Å². The van der Waals surface area contributed by atoms with Crippen molar-refractivity contribution in [3.05, 3.63) is 119 Å². The minimum absolute atomic E-state index is 0.0149. The molecule has 5 rings (SSSR count). The molecule has 2 amide bonds. The monoisotopic (exact) mass is 683 g/mol. The van der Waals surface area contributed by atoms with Crippen molar-refractivity contribution in [2.75, 3.05) is 25.1 Å². The van der Waals surface area contributed by atoms with E-state index in [0.717, 1.165) is 52.2 Å². The fourth-order valence-electron chi connectivity index (χ4n) is 6.23. The molecular weight excluding hydrogens is 639 g/mol. The number of rotatable bonds is 14. The van der Waals surface area contributed by atoms with Crippen molar-refractivity contribution in [3.63, 3.8) is 0 Å². The summed E-state index contributed by atoms with van der Waals surface area (Å²) in [6.07, 6.45) is 4.09. The van der Waals surface area contributed by atoms with Crippen LogP contribution in [0.4, 0.5) is 5.69 Å². The van der Waals surface area contributed by atoms with E-state index in [-0.39, 0.29) is 41.2 Å². The predicted molar refractivity (Wildman–Crippen MR) is 191 cm³/mol. The molecule has 0 bridgehead atoms. The van der Waals surface area contributed by atoms with E-state index < -0.39 is 28.5 Å². The lowest BCUT2D eigenvalue weighted by Gasteiger charge is -2.35. The maximum atomic E-state index is 14.9. The molecule has 1 unspecified atom stereocenters. The minimum Gasteiger partial charge on any atom is -0.497 e. The summed E-state index contributed by atoms with van der Waals surface area (Å²) in [7, 11) is -1.39. The van der Waals surface area contributed by atoms with Crippen molar-refractivity contribution in [2.24, 2.45) is 0 Å². The molecule has 10 heteroatoms. The number of carbonyl (C=O) groups excluding carboxylic acids is 2. The number of benzene rings is 4. The predicted octanol–water partition coefficient (Wildman–Crippen LogP) is 6.21. The van der Waals surface area contributed by atoms with Gasteiger partial charge in [0.2, 0.25) is 11.8 Å². The SMILES string of the molecule is COc1ccc(OC)c(N(CC(=O)N(Cc2ccccc2C)C(Cc2ccccc2)C(=O)NC2CCCC2)S(=O)(=O)c2ccc(C)cc2)c1. The van der Waals surface area contributed by atoms with Crippen LogP contribution < -0.4 is 19.1 Å². The standard InChI is InChI=1S/C39H45N3O6S/c1-28-18-21-34(22-19-28)49(45,46)42(35-25-33(47-3)20-23-37(35)48-4)27-38(43)41(26-31-15-9-8-12-29(31)2)36(24-30-13-6-5-7-14-30)39(44)40-32-16-10-11-17-32/h5-9,12-15,18-23,25,32,36H,10-11,16-17,24,26-27H2,1-4H3,(H,40,44). The summed E-state index contributed by atoms with van der Waals surface area (Å²) < 4.78 is 41.1. The van der Waals surface area contributed by atoms with E-state index in [0.29, 0.717) is 5.75 Å². The molecule has 4 aromatic rings. The van der Waals surface area contributed by atoms with Gasteiger partial charge < -0.3 is 19.7 Å². The molecule has 1 N–H and O–H groups in total. The summed E-state index contributed by atoms with van der Waals surface area (Å²) in [6.45, 7) is 3.34. The number of anilines is 1. The summed E-state index contributed by atoms with van der Waals surface area (Å²) in [4.78, 5) is 30.7. The number of ether oxygens (including phenoxy) is 2. The van der Waals surface area contributed by atoms with Crippen molar-refractivity contribution in [2.45, 2.75) is 69.5 Å². The van der Waals surface area contributed by atoms with Crippen molar-refractivity contribution in [3.8, 4) is 11.5 Å². The Kier molecular flexibility index (Phi) is 11.6. The molecule has 1 saturated carbocycles. The number of methoxy groups -OCH3 is 2. The topological polar surface area (TPSA) is 105 Å². The van der Waals surface area contributed by atoms with Crippen LogP contribution in [0.5, 0.6) is 11.5 Å². The van der Waals surface area contributed by atoms with E-state index in [1.165, 1.54) is 37.3 Å². The zero-order valence-electron chi connectivity index (χ0n) is 28.6. The van der Waals surface area contributed by atoms with Gasteiger partial charge in [-0.25, -0.2) is 8.42 Å². The lowest BCUT2D eigenvalue weighted by Crippen LogP contribution is -2.54. The maximum absolute atomic E-state index is 14.9. The lowest BCUT2D eigenvalue weighted by atomic mass is 10.0. The molecule has 0 spiro atoms. The van der Waals surface area contributed by atoms with Crippen LogP contribution in [0.25, 0.3) is 0 Å². The summed E-state index contributed by atoms with van der Waals surface area (Å²) in [5.74, 6) is -0.160. The fourth-order valence-corrected chi connectivity index (χ4v) is 7.65. The van der Waals surface area contributed by atoms with Gasteiger partial charge in [-0.05, 0) is 67.6 Å². The van der Waals surface area contributed by atoms with E-state index in [1.807, 2.05) is 68.4 Å². The molecule has 0 saturated heterocycles. The molecule has 0 aliphatic heterocycles. The number of hydrogen-bond acceptors (Lipinski definition) is 6.